The molecular weight excluding hydrogens is 411 g/mol. The van der Waals surface area contributed by atoms with E-state index < -0.39 is 5.60 Å². The maximum Gasteiger partial charge on any atom is 0.191 e. The molecule has 0 radical (unpaired) electrons. The molecule has 1 saturated carbocycles. The SMILES string of the molecule is CN=C(NCC1(O)CCSC1)NC1CN(C2CC2)CC1C.I. The summed E-state index contributed by atoms with van der Waals surface area (Å²) in [6.07, 6.45) is 3.62. The Morgan fingerprint density at radius 2 is 2.18 bits per heavy atom. The van der Waals surface area contributed by atoms with Crippen LogP contribution < -0.4 is 10.6 Å². The second kappa shape index (κ2) is 7.90. The van der Waals surface area contributed by atoms with Gasteiger partial charge in [0, 0.05) is 44.5 Å². The predicted octanol–water partition coefficient (Wildman–Crippen LogP) is 1.12. The van der Waals surface area contributed by atoms with E-state index in [9.17, 15) is 5.11 Å². The third-order valence-corrected chi connectivity index (χ3v) is 6.15. The van der Waals surface area contributed by atoms with Crippen molar-refractivity contribution in [2.45, 2.75) is 43.9 Å². The van der Waals surface area contributed by atoms with Gasteiger partial charge in [0.2, 0.25) is 0 Å². The van der Waals surface area contributed by atoms with Gasteiger partial charge in [-0.2, -0.15) is 11.8 Å². The lowest BCUT2D eigenvalue weighted by Gasteiger charge is -2.25. The summed E-state index contributed by atoms with van der Waals surface area (Å²) in [5, 5.41) is 17.3. The number of halogens is 1. The van der Waals surface area contributed by atoms with Gasteiger partial charge in [-0.3, -0.25) is 9.89 Å². The largest absolute Gasteiger partial charge is 0.387 e. The fourth-order valence-corrected chi connectivity index (χ4v) is 4.58. The number of nitrogens with one attached hydrogen (secondary N) is 2. The number of aliphatic hydroxyl groups is 1. The predicted molar refractivity (Wildman–Crippen MR) is 104 cm³/mol. The minimum atomic E-state index is -0.566. The van der Waals surface area contributed by atoms with Gasteiger partial charge in [-0.05, 0) is 30.9 Å². The van der Waals surface area contributed by atoms with Gasteiger partial charge in [0.15, 0.2) is 5.96 Å². The second-order valence-electron chi connectivity index (χ2n) is 6.87. The lowest BCUT2D eigenvalue weighted by atomic mass is 10.0. The molecule has 2 saturated heterocycles. The molecule has 3 fully saturated rings. The van der Waals surface area contributed by atoms with E-state index in [0.717, 1.165) is 36.5 Å². The van der Waals surface area contributed by atoms with E-state index in [2.05, 4.69) is 27.4 Å². The van der Waals surface area contributed by atoms with E-state index in [4.69, 9.17) is 0 Å². The highest BCUT2D eigenvalue weighted by Crippen LogP contribution is 2.31. The molecule has 0 spiro atoms. The number of likely N-dealkylation sites (tertiary alicyclic amines) is 1. The van der Waals surface area contributed by atoms with Gasteiger partial charge in [-0.25, -0.2) is 0 Å². The van der Waals surface area contributed by atoms with E-state index in [1.165, 1.54) is 19.4 Å². The molecule has 1 aliphatic carbocycles. The Kier molecular flexibility index (Phi) is 6.68. The van der Waals surface area contributed by atoms with Crippen LogP contribution in [0, 0.1) is 5.92 Å². The molecule has 22 heavy (non-hydrogen) atoms. The lowest BCUT2D eigenvalue weighted by molar-refractivity contribution is 0.0723. The van der Waals surface area contributed by atoms with Gasteiger partial charge in [-0.1, -0.05) is 6.92 Å². The third-order valence-electron chi connectivity index (χ3n) is 4.92. The van der Waals surface area contributed by atoms with Crippen LogP contribution in [-0.2, 0) is 0 Å². The van der Waals surface area contributed by atoms with Crippen LogP contribution in [0.5, 0.6) is 0 Å². The zero-order valence-corrected chi connectivity index (χ0v) is 16.7. The summed E-state index contributed by atoms with van der Waals surface area (Å²) in [5.41, 5.74) is -0.566. The van der Waals surface area contributed by atoms with Crippen molar-refractivity contribution in [1.82, 2.24) is 15.5 Å². The average molecular weight is 440 g/mol. The minimum absolute atomic E-state index is 0. The van der Waals surface area contributed by atoms with E-state index in [0.29, 0.717) is 18.5 Å². The summed E-state index contributed by atoms with van der Waals surface area (Å²) >= 11 is 1.83. The molecule has 3 unspecified atom stereocenters. The molecule has 5 nitrogen and oxygen atoms in total. The van der Waals surface area contributed by atoms with E-state index in [1.807, 2.05) is 11.8 Å². The average Bonchev–Trinajstić information content (AvgIpc) is 3.14. The summed E-state index contributed by atoms with van der Waals surface area (Å²) in [7, 11) is 1.81. The molecule has 0 bridgehead atoms. The van der Waals surface area contributed by atoms with Gasteiger partial charge in [-0.15, -0.1) is 24.0 Å². The highest BCUT2D eigenvalue weighted by atomic mass is 127. The van der Waals surface area contributed by atoms with Crippen LogP contribution in [0.25, 0.3) is 0 Å². The second-order valence-corrected chi connectivity index (χ2v) is 7.97. The molecule has 2 aliphatic heterocycles. The van der Waals surface area contributed by atoms with Crippen molar-refractivity contribution in [3.63, 3.8) is 0 Å². The van der Waals surface area contributed by atoms with Crippen LogP contribution in [-0.4, -0.2) is 71.8 Å². The van der Waals surface area contributed by atoms with Crippen LogP contribution in [0.4, 0.5) is 0 Å². The van der Waals surface area contributed by atoms with E-state index in [-0.39, 0.29) is 24.0 Å². The summed E-state index contributed by atoms with van der Waals surface area (Å²) in [6, 6.07) is 1.30. The summed E-state index contributed by atoms with van der Waals surface area (Å²) in [4.78, 5) is 6.93. The van der Waals surface area contributed by atoms with Crippen molar-refractivity contribution >= 4 is 41.7 Å². The Labute approximate surface area is 155 Å². The Morgan fingerprint density at radius 1 is 1.41 bits per heavy atom. The van der Waals surface area contributed by atoms with Crippen molar-refractivity contribution in [1.29, 1.82) is 0 Å². The topological polar surface area (TPSA) is 59.9 Å². The molecule has 0 aromatic rings. The monoisotopic (exact) mass is 440 g/mol. The van der Waals surface area contributed by atoms with Crippen molar-refractivity contribution < 1.29 is 5.11 Å². The minimum Gasteiger partial charge on any atom is -0.387 e. The number of guanidine groups is 1. The highest BCUT2D eigenvalue weighted by Gasteiger charge is 2.38. The zero-order valence-electron chi connectivity index (χ0n) is 13.5. The van der Waals surface area contributed by atoms with Crippen LogP contribution >= 0.6 is 35.7 Å². The number of hydrogen-bond acceptors (Lipinski definition) is 4. The number of hydrogen-bond donors (Lipinski definition) is 3. The van der Waals surface area contributed by atoms with E-state index in [1.54, 1.807) is 7.05 Å². The number of nitrogens with zero attached hydrogens (tertiary/aromatic N) is 2. The van der Waals surface area contributed by atoms with Gasteiger partial charge in [0.05, 0.1) is 5.60 Å². The number of aliphatic imine (C=N–C) groups is 1. The first-order valence-electron chi connectivity index (χ1n) is 8.11. The van der Waals surface area contributed by atoms with Crippen LogP contribution in [0.15, 0.2) is 4.99 Å². The van der Waals surface area contributed by atoms with Crippen LogP contribution in [0.1, 0.15) is 26.2 Å². The number of thioether (sulfide) groups is 1. The van der Waals surface area contributed by atoms with Gasteiger partial charge >= 0.3 is 0 Å². The Balaban J connectivity index is 0.00000176. The van der Waals surface area contributed by atoms with E-state index >= 15 is 0 Å². The normalized spacial score (nSPS) is 36.2. The molecule has 3 aliphatic rings. The summed E-state index contributed by atoms with van der Waals surface area (Å²) in [6.45, 7) is 5.22. The van der Waals surface area contributed by atoms with Crippen molar-refractivity contribution in [3.05, 3.63) is 0 Å². The van der Waals surface area contributed by atoms with Crippen molar-refractivity contribution in [2.75, 3.05) is 38.2 Å². The lowest BCUT2D eigenvalue weighted by Crippen LogP contribution is -2.51. The Hall–Kier alpha value is 0.270. The van der Waals surface area contributed by atoms with Gasteiger partial charge in [0.1, 0.15) is 0 Å². The maximum atomic E-state index is 10.4. The van der Waals surface area contributed by atoms with Gasteiger partial charge in [0.25, 0.3) is 0 Å². The fourth-order valence-electron chi connectivity index (χ4n) is 3.28. The Morgan fingerprint density at radius 3 is 2.77 bits per heavy atom. The molecular formula is C15H29IN4OS. The van der Waals surface area contributed by atoms with Crippen LogP contribution in [0.3, 0.4) is 0 Å². The molecule has 3 rings (SSSR count). The highest BCUT2D eigenvalue weighted by molar-refractivity contribution is 14.0. The molecule has 0 aromatic heterocycles. The first-order chi connectivity index (χ1) is 10.1. The van der Waals surface area contributed by atoms with Gasteiger partial charge < -0.3 is 15.7 Å². The van der Waals surface area contributed by atoms with Crippen molar-refractivity contribution in [3.8, 4) is 0 Å². The van der Waals surface area contributed by atoms with Crippen molar-refractivity contribution in [2.24, 2.45) is 10.9 Å². The fraction of sp³-hybridized carbons (Fsp3) is 0.933. The molecule has 128 valence electrons. The smallest absolute Gasteiger partial charge is 0.191 e. The number of rotatable bonds is 4. The molecule has 0 aromatic carbocycles. The van der Waals surface area contributed by atoms with Crippen LogP contribution in [0.2, 0.25) is 0 Å². The first-order valence-corrected chi connectivity index (χ1v) is 9.26. The summed E-state index contributed by atoms with van der Waals surface area (Å²) < 4.78 is 0. The summed E-state index contributed by atoms with van der Waals surface area (Å²) in [5.74, 6) is 3.36. The quantitative estimate of drug-likeness (QED) is 0.348. The molecule has 7 heteroatoms. The zero-order chi connectivity index (χ0) is 14.9. The molecule has 3 atom stereocenters. The maximum absolute atomic E-state index is 10.4. The third kappa shape index (κ3) is 4.64. The molecule has 3 N–H and O–H groups in total. The molecule has 0 amide bonds. The Bertz CT molecular complexity index is 399. The standard InChI is InChI=1S/C15H28N4OS.HI/c1-11-7-19(12-3-4-12)8-13(11)18-14(16-2)17-9-15(20)5-6-21-10-15;/h11-13,20H,3-10H2,1-2H3,(H2,16,17,18);1H. The molecule has 2 heterocycles. The first kappa shape index (κ1) is 18.6.